The van der Waals surface area contributed by atoms with E-state index in [1.807, 2.05) is 0 Å². The van der Waals surface area contributed by atoms with Gasteiger partial charge in [0.25, 0.3) is 0 Å². The van der Waals surface area contributed by atoms with Crippen LogP contribution in [0.1, 0.15) is 245 Å². The van der Waals surface area contributed by atoms with Crippen LogP contribution < -0.4 is 0 Å². The van der Waals surface area contributed by atoms with E-state index in [1.54, 1.807) is 0 Å². The fourth-order valence-electron chi connectivity index (χ4n) is 7.20. The zero-order chi connectivity index (χ0) is 47.9. The summed E-state index contributed by atoms with van der Waals surface area (Å²) in [4.78, 5) is 38.1. The van der Waals surface area contributed by atoms with Crippen molar-refractivity contribution in [1.29, 1.82) is 0 Å². The molecule has 0 saturated heterocycles. The highest BCUT2D eigenvalue weighted by molar-refractivity contribution is 5.71. The van der Waals surface area contributed by atoms with E-state index in [2.05, 4.69) is 118 Å². The van der Waals surface area contributed by atoms with Crippen LogP contribution in [0.15, 0.2) is 97.2 Å². The molecule has 0 aromatic carbocycles. The quantitative estimate of drug-likeness (QED) is 0.0262. The minimum absolute atomic E-state index is 0.0995. The fraction of sp³-hybridized carbons (Fsp3) is 0.683. The van der Waals surface area contributed by atoms with Crippen molar-refractivity contribution in [2.24, 2.45) is 0 Å². The van der Waals surface area contributed by atoms with Crippen LogP contribution >= 0.6 is 0 Å². The van der Waals surface area contributed by atoms with Gasteiger partial charge in [-0.3, -0.25) is 14.4 Å². The van der Waals surface area contributed by atoms with Crippen molar-refractivity contribution in [3.8, 4) is 0 Å². The van der Waals surface area contributed by atoms with Crippen molar-refractivity contribution in [3.05, 3.63) is 97.2 Å². The van der Waals surface area contributed by atoms with Gasteiger partial charge in [0.15, 0.2) is 6.10 Å². The zero-order valence-electron chi connectivity index (χ0n) is 42.9. The zero-order valence-corrected chi connectivity index (χ0v) is 42.9. The molecule has 376 valence electrons. The first-order chi connectivity index (χ1) is 32.5. The molecule has 0 N–H and O–H groups in total. The van der Waals surface area contributed by atoms with E-state index in [0.717, 1.165) is 148 Å². The van der Waals surface area contributed by atoms with E-state index in [9.17, 15) is 14.4 Å². The molecule has 1 atom stereocenters. The summed E-state index contributed by atoms with van der Waals surface area (Å²) in [5, 5.41) is 0. The second kappa shape index (κ2) is 53.9. The minimum atomic E-state index is -0.802. The molecule has 0 bridgehead atoms. The van der Waals surface area contributed by atoms with Crippen molar-refractivity contribution in [2.75, 3.05) is 13.2 Å². The minimum Gasteiger partial charge on any atom is -0.462 e. The predicted molar refractivity (Wildman–Crippen MR) is 284 cm³/mol. The van der Waals surface area contributed by atoms with E-state index in [4.69, 9.17) is 14.2 Å². The molecule has 0 heterocycles. The molecule has 0 radical (unpaired) electrons. The maximum absolute atomic E-state index is 12.8. The Balaban J connectivity index is 4.49. The summed E-state index contributed by atoms with van der Waals surface area (Å²) in [6, 6.07) is 0. The lowest BCUT2D eigenvalue weighted by molar-refractivity contribution is -0.167. The lowest BCUT2D eigenvalue weighted by Crippen LogP contribution is -2.30. The highest BCUT2D eigenvalue weighted by Crippen LogP contribution is 2.13. The summed E-state index contributed by atoms with van der Waals surface area (Å²) in [7, 11) is 0. The molecular weight excluding hydrogens is 817 g/mol. The first-order valence-corrected chi connectivity index (χ1v) is 27.2. The monoisotopic (exact) mass is 917 g/mol. The molecule has 0 aromatic rings. The standard InChI is InChI=1S/C60H100O6/c1-4-7-10-13-16-19-22-25-28-30-33-35-38-41-44-47-50-53-59(62)65-56-57(55-64-58(61)52-49-46-43-40-37-34-31-27-24-21-18-15-12-9-6-3)66-60(63)54-51-48-45-42-39-36-32-29-26-23-20-17-14-11-8-5-2/h7,10,16,18-21,23,25,27-29,31-33,35,57H,4-6,8-9,11-15,17,22,24,26,30,34,36-56H2,1-3H3/b10-7-,19-16-,21-18-,23-20-,28-25-,31-27-,32-29-,35-33-. The Hall–Kier alpha value is -3.67. The lowest BCUT2D eigenvalue weighted by atomic mass is 10.1. The summed E-state index contributed by atoms with van der Waals surface area (Å²) in [5.41, 5.74) is 0. The summed E-state index contributed by atoms with van der Waals surface area (Å²) < 4.78 is 16.8. The molecule has 0 aliphatic heterocycles. The molecule has 0 saturated carbocycles. The number of hydrogen-bond donors (Lipinski definition) is 0. The summed E-state index contributed by atoms with van der Waals surface area (Å²) in [6.07, 6.45) is 71.0. The van der Waals surface area contributed by atoms with Gasteiger partial charge in [-0.1, -0.05) is 201 Å². The third kappa shape index (κ3) is 51.3. The summed E-state index contributed by atoms with van der Waals surface area (Å²) in [5.74, 6) is -0.951. The third-order valence-corrected chi connectivity index (χ3v) is 11.3. The van der Waals surface area contributed by atoms with Gasteiger partial charge in [0.2, 0.25) is 0 Å². The van der Waals surface area contributed by atoms with Gasteiger partial charge in [-0.2, -0.15) is 0 Å². The molecule has 66 heavy (non-hydrogen) atoms. The van der Waals surface area contributed by atoms with Gasteiger partial charge in [-0.05, 0) is 122 Å². The van der Waals surface area contributed by atoms with Gasteiger partial charge >= 0.3 is 17.9 Å². The van der Waals surface area contributed by atoms with Crippen molar-refractivity contribution in [2.45, 2.75) is 252 Å². The maximum atomic E-state index is 12.8. The van der Waals surface area contributed by atoms with E-state index in [1.165, 1.54) is 57.8 Å². The number of rotatable bonds is 48. The van der Waals surface area contributed by atoms with Crippen LogP contribution in [0.4, 0.5) is 0 Å². The molecular formula is C60H100O6. The fourth-order valence-corrected chi connectivity index (χ4v) is 7.20. The normalized spacial score (nSPS) is 12.8. The van der Waals surface area contributed by atoms with Gasteiger partial charge in [-0.15, -0.1) is 0 Å². The number of ether oxygens (including phenoxy) is 3. The average Bonchev–Trinajstić information content (AvgIpc) is 3.31. The Morgan fingerprint density at radius 1 is 0.318 bits per heavy atom. The second-order valence-electron chi connectivity index (χ2n) is 17.7. The van der Waals surface area contributed by atoms with E-state index >= 15 is 0 Å². The number of carbonyl (C=O) groups is 3. The lowest BCUT2D eigenvalue weighted by Gasteiger charge is -2.18. The van der Waals surface area contributed by atoms with Crippen LogP contribution in [-0.2, 0) is 28.6 Å². The summed E-state index contributed by atoms with van der Waals surface area (Å²) in [6.45, 7) is 6.43. The number of allylic oxidation sites excluding steroid dienone is 16. The van der Waals surface area contributed by atoms with Crippen molar-refractivity contribution in [1.82, 2.24) is 0 Å². The molecule has 6 heteroatoms. The van der Waals surface area contributed by atoms with Crippen molar-refractivity contribution >= 4 is 17.9 Å². The van der Waals surface area contributed by atoms with Crippen molar-refractivity contribution < 1.29 is 28.6 Å². The van der Waals surface area contributed by atoms with Gasteiger partial charge < -0.3 is 14.2 Å². The highest BCUT2D eigenvalue weighted by Gasteiger charge is 2.19. The molecule has 0 spiro atoms. The summed E-state index contributed by atoms with van der Waals surface area (Å²) >= 11 is 0. The number of carbonyl (C=O) groups excluding carboxylic acids is 3. The first kappa shape index (κ1) is 62.3. The SMILES string of the molecule is CC/C=C\C/C=C\C/C=C\C/C=C\CCCCCCC(=O)OCC(COC(=O)CCCCCCC/C=C\C/C=C\CCCCC)OC(=O)CCCCCCC/C=C\C/C=C\CCCCCC. The van der Waals surface area contributed by atoms with Crippen LogP contribution in [-0.4, -0.2) is 37.2 Å². The molecule has 0 amide bonds. The van der Waals surface area contributed by atoms with Gasteiger partial charge in [0.1, 0.15) is 13.2 Å². The van der Waals surface area contributed by atoms with Gasteiger partial charge in [-0.25, -0.2) is 0 Å². The van der Waals surface area contributed by atoms with E-state index < -0.39 is 6.10 Å². The molecule has 0 aliphatic rings. The molecule has 0 aliphatic carbocycles. The van der Waals surface area contributed by atoms with E-state index in [-0.39, 0.29) is 31.1 Å². The molecule has 0 aromatic heterocycles. The average molecular weight is 917 g/mol. The Morgan fingerprint density at radius 2 is 0.591 bits per heavy atom. The van der Waals surface area contributed by atoms with Crippen LogP contribution in [0.2, 0.25) is 0 Å². The Morgan fingerprint density at radius 3 is 0.955 bits per heavy atom. The Labute approximate surface area is 407 Å². The number of unbranched alkanes of at least 4 members (excludes halogenated alkanes) is 21. The largest absolute Gasteiger partial charge is 0.462 e. The second-order valence-corrected chi connectivity index (χ2v) is 17.7. The van der Waals surface area contributed by atoms with Crippen LogP contribution in [0.3, 0.4) is 0 Å². The van der Waals surface area contributed by atoms with Gasteiger partial charge in [0, 0.05) is 19.3 Å². The van der Waals surface area contributed by atoms with E-state index in [0.29, 0.717) is 19.3 Å². The van der Waals surface area contributed by atoms with Crippen LogP contribution in [0.5, 0.6) is 0 Å². The topological polar surface area (TPSA) is 78.9 Å². The molecule has 6 nitrogen and oxygen atoms in total. The van der Waals surface area contributed by atoms with Crippen LogP contribution in [0, 0.1) is 0 Å². The van der Waals surface area contributed by atoms with Crippen molar-refractivity contribution in [3.63, 3.8) is 0 Å². The predicted octanol–water partition coefficient (Wildman–Crippen LogP) is 18.1. The van der Waals surface area contributed by atoms with Gasteiger partial charge in [0.05, 0.1) is 0 Å². The molecule has 1 unspecified atom stereocenters. The first-order valence-electron chi connectivity index (χ1n) is 27.2. The molecule has 0 fully saturated rings. The smallest absolute Gasteiger partial charge is 0.306 e. The van der Waals surface area contributed by atoms with Crippen LogP contribution in [0.25, 0.3) is 0 Å². The Kier molecular flexibility index (Phi) is 50.9. The highest BCUT2D eigenvalue weighted by atomic mass is 16.6. The molecule has 0 rings (SSSR count). The third-order valence-electron chi connectivity index (χ3n) is 11.3. The Bertz CT molecular complexity index is 1330. The number of hydrogen-bond acceptors (Lipinski definition) is 6. The maximum Gasteiger partial charge on any atom is 0.306 e. The number of esters is 3.